The van der Waals surface area contributed by atoms with E-state index in [2.05, 4.69) is 12.2 Å². The molecule has 0 bridgehead atoms. The van der Waals surface area contributed by atoms with E-state index in [0.717, 1.165) is 17.7 Å². The van der Waals surface area contributed by atoms with Crippen molar-refractivity contribution in [3.05, 3.63) is 35.1 Å². The van der Waals surface area contributed by atoms with Gasteiger partial charge in [0.1, 0.15) is 5.82 Å². The van der Waals surface area contributed by atoms with Crippen LogP contribution in [0.25, 0.3) is 0 Å². The van der Waals surface area contributed by atoms with Gasteiger partial charge in [0.05, 0.1) is 0 Å². The molecule has 0 aliphatic heterocycles. The second kappa shape index (κ2) is 4.54. The molecule has 1 aromatic rings. The third kappa shape index (κ3) is 2.62. The Morgan fingerprint density at radius 3 is 2.62 bits per heavy atom. The third-order valence-corrected chi connectivity index (χ3v) is 3.66. The summed E-state index contributed by atoms with van der Waals surface area (Å²) in [4.78, 5) is 0. The van der Waals surface area contributed by atoms with E-state index >= 15 is 0 Å². The number of benzene rings is 1. The number of halogens is 1. The lowest BCUT2D eigenvalue weighted by Crippen LogP contribution is -2.38. The van der Waals surface area contributed by atoms with E-state index in [0.29, 0.717) is 0 Å². The fourth-order valence-corrected chi connectivity index (χ4v) is 2.39. The van der Waals surface area contributed by atoms with Crippen LogP contribution in [-0.2, 0) is 6.54 Å². The number of rotatable bonds is 3. The quantitative estimate of drug-likeness (QED) is 0.823. The minimum absolute atomic E-state index is 0.101. The molecule has 16 heavy (non-hydrogen) atoms. The topological polar surface area (TPSA) is 12.0 Å². The fourth-order valence-electron chi connectivity index (χ4n) is 2.39. The molecule has 1 N–H and O–H groups in total. The lowest BCUT2D eigenvalue weighted by Gasteiger charge is -2.25. The number of hydrogen-bond donors (Lipinski definition) is 1. The van der Waals surface area contributed by atoms with Gasteiger partial charge in [-0.05, 0) is 43.9 Å². The molecule has 0 spiro atoms. The Labute approximate surface area is 97.1 Å². The van der Waals surface area contributed by atoms with Crippen molar-refractivity contribution >= 4 is 0 Å². The zero-order valence-corrected chi connectivity index (χ0v) is 10.1. The van der Waals surface area contributed by atoms with Crippen molar-refractivity contribution in [2.75, 3.05) is 0 Å². The second-order valence-electron chi connectivity index (χ2n) is 5.20. The van der Waals surface area contributed by atoms with Crippen LogP contribution in [0.3, 0.4) is 0 Å². The van der Waals surface area contributed by atoms with E-state index in [-0.39, 0.29) is 11.4 Å². The van der Waals surface area contributed by atoms with Crippen molar-refractivity contribution in [2.24, 2.45) is 0 Å². The molecule has 1 aromatic carbocycles. The SMILES string of the molecule is Cc1ccc(CNC2(C)CCCC2)cc1F. The van der Waals surface area contributed by atoms with Gasteiger partial charge in [-0.25, -0.2) is 4.39 Å². The van der Waals surface area contributed by atoms with Crippen LogP contribution in [0.1, 0.15) is 43.7 Å². The lowest BCUT2D eigenvalue weighted by molar-refractivity contribution is 0.362. The van der Waals surface area contributed by atoms with Gasteiger partial charge in [0.25, 0.3) is 0 Å². The Hall–Kier alpha value is -0.890. The first-order chi connectivity index (χ1) is 7.59. The first-order valence-electron chi connectivity index (χ1n) is 6.09. The van der Waals surface area contributed by atoms with Gasteiger partial charge < -0.3 is 5.32 Å². The van der Waals surface area contributed by atoms with Gasteiger partial charge in [0.2, 0.25) is 0 Å². The first kappa shape index (κ1) is 11.6. The predicted octanol–water partition coefficient (Wildman–Crippen LogP) is 3.56. The Balaban J connectivity index is 1.96. The highest BCUT2D eigenvalue weighted by Crippen LogP contribution is 2.29. The Morgan fingerprint density at radius 1 is 1.31 bits per heavy atom. The summed E-state index contributed by atoms with van der Waals surface area (Å²) in [5.74, 6) is -0.101. The minimum Gasteiger partial charge on any atom is -0.307 e. The van der Waals surface area contributed by atoms with Gasteiger partial charge in [0, 0.05) is 12.1 Å². The Bertz CT molecular complexity index is 367. The van der Waals surface area contributed by atoms with E-state index in [4.69, 9.17) is 0 Å². The smallest absolute Gasteiger partial charge is 0.126 e. The summed E-state index contributed by atoms with van der Waals surface area (Å²) in [5, 5.41) is 3.55. The van der Waals surface area contributed by atoms with Gasteiger partial charge in [0.15, 0.2) is 0 Å². The Kier molecular flexibility index (Phi) is 3.29. The molecular formula is C14H20FN. The van der Waals surface area contributed by atoms with Crippen molar-refractivity contribution in [2.45, 2.75) is 51.6 Å². The maximum atomic E-state index is 13.3. The largest absolute Gasteiger partial charge is 0.307 e. The number of hydrogen-bond acceptors (Lipinski definition) is 1. The van der Waals surface area contributed by atoms with Crippen LogP contribution < -0.4 is 5.32 Å². The molecule has 2 heteroatoms. The van der Waals surface area contributed by atoms with E-state index in [1.165, 1.54) is 25.7 Å². The normalized spacial score (nSPS) is 18.9. The zero-order valence-electron chi connectivity index (χ0n) is 10.1. The summed E-state index contributed by atoms with van der Waals surface area (Å²) in [6.45, 7) is 4.84. The van der Waals surface area contributed by atoms with Crippen LogP contribution >= 0.6 is 0 Å². The monoisotopic (exact) mass is 221 g/mol. The first-order valence-corrected chi connectivity index (χ1v) is 6.09. The summed E-state index contributed by atoms with van der Waals surface area (Å²) in [6, 6.07) is 5.49. The molecule has 0 aromatic heterocycles. The van der Waals surface area contributed by atoms with Crippen molar-refractivity contribution in [3.63, 3.8) is 0 Å². The highest BCUT2D eigenvalue weighted by molar-refractivity contribution is 5.23. The molecule has 88 valence electrons. The van der Waals surface area contributed by atoms with Gasteiger partial charge in [-0.1, -0.05) is 25.0 Å². The van der Waals surface area contributed by atoms with Crippen molar-refractivity contribution < 1.29 is 4.39 Å². The van der Waals surface area contributed by atoms with E-state index < -0.39 is 0 Å². The molecule has 1 nitrogen and oxygen atoms in total. The maximum absolute atomic E-state index is 13.3. The molecule has 1 fully saturated rings. The summed E-state index contributed by atoms with van der Waals surface area (Å²) in [5.41, 5.74) is 2.02. The van der Waals surface area contributed by atoms with E-state index in [1.54, 1.807) is 13.0 Å². The van der Waals surface area contributed by atoms with Gasteiger partial charge in [-0.15, -0.1) is 0 Å². The highest BCUT2D eigenvalue weighted by atomic mass is 19.1. The second-order valence-corrected chi connectivity index (χ2v) is 5.20. The summed E-state index contributed by atoms with van der Waals surface area (Å²) in [6.07, 6.45) is 5.10. The minimum atomic E-state index is -0.101. The molecule has 0 saturated heterocycles. The third-order valence-electron chi connectivity index (χ3n) is 3.66. The standard InChI is InChI=1S/C14H20FN/c1-11-5-6-12(9-13(11)15)10-16-14(2)7-3-4-8-14/h5-6,9,16H,3-4,7-8,10H2,1-2H3. The average Bonchev–Trinajstić information content (AvgIpc) is 2.68. The van der Waals surface area contributed by atoms with E-state index in [9.17, 15) is 4.39 Å². The van der Waals surface area contributed by atoms with Crippen LogP contribution in [0.15, 0.2) is 18.2 Å². The Morgan fingerprint density at radius 2 is 2.00 bits per heavy atom. The molecule has 0 atom stereocenters. The number of aryl methyl sites for hydroxylation is 1. The summed E-state index contributed by atoms with van der Waals surface area (Å²) >= 11 is 0. The lowest BCUT2D eigenvalue weighted by atomic mass is 10.00. The van der Waals surface area contributed by atoms with Gasteiger partial charge >= 0.3 is 0 Å². The maximum Gasteiger partial charge on any atom is 0.126 e. The fraction of sp³-hybridized carbons (Fsp3) is 0.571. The average molecular weight is 221 g/mol. The van der Waals surface area contributed by atoms with Crippen molar-refractivity contribution in [1.29, 1.82) is 0 Å². The van der Waals surface area contributed by atoms with Crippen LogP contribution in [0, 0.1) is 12.7 Å². The molecule has 1 aliphatic rings. The molecule has 0 amide bonds. The van der Waals surface area contributed by atoms with Gasteiger partial charge in [-0.2, -0.15) is 0 Å². The molecule has 1 aliphatic carbocycles. The zero-order chi connectivity index (χ0) is 11.6. The van der Waals surface area contributed by atoms with Crippen LogP contribution in [0.5, 0.6) is 0 Å². The molecular weight excluding hydrogens is 201 g/mol. The van der Waals surface area contributed by atoms with Crippen molar-refractivity contribution in [3.8, 4) is 0 Å². The van der Waals surface area contributed by atoms with Crippen molar-refractivity contribution in [1.82, 2.24) is 5.32 Å². The molecule has 1 saturated carbocycles. The van der Waals surface area contributed by atoms with Gasteiger partial charge in [-0.3, -0.25) is 0 Å². The highest BCUT2D eigenvalue weighted by Gasteiger charge is 2.27. The van der Waals surface area contributed by atoms with Crippen LogP contribution in [0.2, 0.25) is 0 Å². The predicted molar refractivity (Wildman–Crippen MR) is 64.8 cm³/mol. The molecule has 2 rings (SSSR count). The van der Waals surface area contributed by atoms with Crippen LogP contribution in [0.4, 0.5) is 4.39 Å². The molecule has 0 heterocycles. The number of nitrogens with one attached hydrogen (secondary N) is 1. The van der Waals surface area contributed by atoms with Crippen LogP contribution in [-0.4, -0.2) is 5.54 Å². The summed E-state index contributed by atoms with van der Waals surface area (Å²) in [7, 11) is 0. The molecule has 0 radical (unpaired) electrons. The van der Waals surface area contributed by atoms with E-state index in [1.807, 2.05) is 12.1 Å². The molecule has 0 unspecified atom stereocenters. The summed E-state index contributed by atoms with van der Waals surface area (Å²) < 4.78 is 13.3.